The first-order valence-electron chi connectivity index (χ1n) is 9.92. The first kappa shape index (κ1) is 22.8. The minimum atomic E-state index is -3.20. The number of anilines is 1. The first-order chi connectivity index (χ1) is 15.7. The highest BCUT2D eigenvalue weighted by Gasteiger charge is 2.44. The largest absolute Gasteiger partial charge is 0.492 e. The van der Waals surface area contributed by atoms with E-state index in [-0.39, 0.29) is 51.7 Å². The third-order valence-electron chi connectivity index (χ3n) is 5.22. The van der Waals surface area contributed by atoms with Gasteiger partial charge < -0.3 is 19.7 Å². The van der Waals surface area contributed by atoms with Gasteiger partial charge in [-0.05, 0) is 24.6 Å². The second-order valence-electron chi connectivity index (χ2n) is 7.21. The maximum atomic E-state index is 13.5. The Balaban J connectivity index is 1.94. The molecule has 0 saturated carbocycles. The summed E-state index contributed by atoms with van der Waals surface area (Å²) in [6, 6.07) is 10.6. The van der Waals surface area contributed by atoms with Gasteiger partial charge in [-0.2, -0.15) is 8.78 Å². The van der Waals surface area contributed by atoms with Crippen molar-refractivity contribution < 1.29 is 38.1 Å². The van der Waals surface area contributed by atoms with Gasteiger partial charge in [0.05, 0.1) is 34.9 Å². The van der Waals surface area contributed by atoms with E-state index in [1.165, 1.54) is 24.3 Å². The minimum absolute atomic E-state index is 0.00722. The van der Waals surface area contributed by atoms with Crippen LogP contribution in [-0.2, 0) is 11.2 Å². The summed E-state index contributed by atoms with van der Waals surface area (Å²) in [5.41, 5.74) is 0.198. The number of nitrogens with zero attached hydrogens (tertiary/aromatic N) is 1. The van der Waals surface area contributed by atoms with Crippen LogP contribution in [0.5, 0.6) is 11.5 Å². The smallest absolute Gasteiger partial charge is 0.387 e. The number of aliphatic carboxylic acids is 1. The number of carboxylic acid groups (broad SMARTS) is 1. The van der Waals surface area contributed by atoms with Crippen molar-refractivity contribution in [2.24, 2.45) is 0 Å². The summed E-state index contributed by atoms with van der Waals surface area (Å²) >= 11 is 6.32. The Kier molecular flexibility index (Phi) is 6.09. The zero-order chi connectivity index (χ0) is 23.9. The average Bonchev–Trinajstić information content (AvgIpc) is 3.00. The topological polar surface area (TPSA) is 96.3 Å². The summed E-state index contributed by atoms with van der Waals surface area (Å²) < 4.78 is 37.1. The molecule has 1 heterocycles. The molecular formula is C23H18ClF2NO6. The normalized spacial score (nSPS) is 15.3. The van der Waals surface area contributed by atoms with Crippen LogP contribution in [0.3, 0.4) is 0 Å². The van der Waals surface area contributed by atoms with E-state index in [1.807, 2.05) is 0 Å². The number of hydrogen-bond donors (Lipinski definition) is 2. The van der Waals surface area contributed by atoms with Gasteiger partial charge in [0.15, 0.2) is 6.23 Å². The molecule has 10 heteroatoms. The minimum Gasteiger partial charge on any atom is -0.492 e. The molecule has 1 aliphatic heterocycles. The van der Waals surface area contributed by atoms with Crippen LogP contribution in [0.4, 0.5) is 14.5 Å². The van der Waals surface area contributed by atoms with Gasteiger partial charge in [0.25, 0.3) is 5.91 Å². The maximum Gasteiger partial charge on any atom is 0.387 e. The van der Waals surface area contributed by atoms with Gasteiger partial charge in [-0.25, -0.2) is 0 Å². The average molecular weight is 478 g/mol. The monoisotopic (exact) mass is 477 g/mol. The lowest BCUT2D eigenvalue weighted by atomic mass is 9.98. The molecule has 1 aliphatic rings. The second kappa shape index (κ2) is 8.84. The number of rotatable bonds is 7. The molecule has 0 aliphatic carbocycles. The van der Waals surface area contributed by atoms with E-state index in [2.05, 4.69) is 0 Å². The third kappa shape index (κ3) is 3.94. The lowest BCUT2D eigenvalue weighted by Gasteiger charge is -2.23. The number of fused-ring (bicyclic) bond motifs is 2. The summed E-state index contributed by atoms with van der Waals surface area (Å²) in [5, 5.41) is 20.7. The Bertz CT molecular complexity index is 1270. The highest BCUT2D eigenvalue weighted by molar-refractivity contribution is 6.34. The number of benzene rings is 3. The Labute approximate surface area is 191 Å². The van der Waals surface area contributed by atoms with Gasteiger partial charge in [-0.1, -0.05) is 41.9 Å². The van der Waals surface area contributed by atoms with E-state index in [9.17, 15) is 23.5 Å². The Morgan fingerprint density at radius 1 is 1.18 bits per heavy atom. The van der Waals surface area contributed by atoms with Gasteiger partial charge >= 0.3 is 12.6 Å². The number of alkyl halides is 2. The fourth-order valence-electron chi connectivity index (χ4n) is 4.00. The van der Waals surface area contributed by atoms with Crippen molar-refractivity contribution in [1.29, 1.82) is 0 Å². The molecule has 0 spiro atoms. The zero-order valence-electron chi connectivity index (χ0n) is 17.2. The lowest BCUT2D eigenvalue weighted by molar-refractivity contribution is -0.136. The number of carbonyl (C=O) groups is 2. The van der Waals surface area contributed by atoms with Crippen LogP contribution in [0, 0.1) is 0 Å². The number of hydrogen-bond acceptors (Lipinski definition) is 5. The molecule has 3 aromatic rings. The molecule has 7 nitrogen and oxygen atoms in total. The van der Waals surface area contributed by atoms with Gasteiger partial charge in [0.2, 0.25) is 0 Å². The second-order valence-corrected chi connectivity index (χ2v) is 7.62. The van der Waals surface area contributed by atoms with Crippen LogP contribution in [0.1, 0.15) is 34.6 Å². The molecule has 1 atom stereocenters. The van der Waals surface area contributed by atoms with Crippen LogP contribution >= 0.6 is 11.6 Å². The Hall–Kier alpha value is -3.43. The molecular weight excluding hydrogens is 460 g/mol. The van der Waals surface area contributed by atoms with Crippen molar-refractivity contribution in [3.63, 3.8) is 0 Å². The maximum absolute atomic E-state index is 13.5. The van der Waals surface area contributed by atoms with Gasteiger partial charge in [0, 0.05) is 10.8 Å². The number of carboxylic acids is 1. The molecule has 0 bridgehead atoms. The van der Waals surface area contributed by atoms with Crippen LogP contribution in [0.25, 0.3) is 10.8 Å². The predicted molar refractivity (Wildman–Crippen MR) is 116 cm³/mol. The fourth-order valence-corrected chi connectivity index (χ4v) is 4.29. The molecule has 4 rings (SSSR count). The van der Waals surface area contributed by atoms with Crippen molar-refractivity contribution in [3.8, 4) is 11.5 Å². The van der Waals surface area contributed by atoms with E-state index < -0.39 is 24.7 Å². The van der Waals surface area contributed by atoms with E-state index in [1.54, 1.807) is 25.1 Å². The Morgan fingerprint density at radius 2 is 1.85 bits per heavy atom. The highest BCUT2D eigenvalue weighted by atomic mass is 35.5. The van der Waals surface area contributed by atoms with E-state index in [0.29, 0.717) is 10.9 Å². The van der Waals surface area contributed by atoms with Gasteiger partial charge in [0.1, 0.15) is 11.5 Å². The van der Waals surface area contributed by atoms with Crippen molar-refractivity contribution in [1.82, 2.24) is 0 Å². The molecule has 1 unspecified atom stereocenters. The fraction of sp³-hybridized carbons (Fsp3) is 0.217. The van der Waals surface area contributed by atoms with Gasteiger partial charge in [-0.3, -0.25) is 14.5 Å². The highest BCUT2D eigenvalue weighted by Crippen LogP contribution is 2.51. The summed E-state index contributed by atoms with van der Waals surface area (Å²) in [7, 11) is 0. The van der Waals surface area contributed by atoms with Crippen LogP contribution < -0.4 is 14.4 Å². The summed E-state index contributed by atoms with van der Waals surface area (Å²) in [6.45, 7) is -1.32. The number of aliphatic hydroxyl groups is 1. The van der Waals surface area contributed by atoms with Crippen molar-refractivity contribution in [2.45, 2.75) is 26.2 Å². The molecule has 0 fully saturated rings. The van der Waals surface area contributed by atoms with Gasteiger partial charge in [-0.15, -0.1) is 0 Å². The predicted octanol–water partition coefficient (Wildman–Crippen LogP) is 4.77. The molecule has 33 heavy (non-hydrogen) atoms. The number of ether oxygens (including phenoxy) is 2. The molecule has 0 aromatic heterocycles. The van der Waals surface area contributed by atoms with Crippen molar-refractivity contribution in [3.05, 3.63) is 64.2 Å². The molecule has 1 amide bonds. The SMILES string of the molecule is CCOc1c2c(c(OC(F)F)c3ccccc13)C(O)N(c1ccc(CC(=O)O)cc1Cl)C2=O. The van der Waals surface area contributed by atoms with Crippen LogP contribution in [0.15, 0.2) is 42.5 Å². The van der Waals surface area contributed by atoms with E-state index in [4.69, 9.17) is 26.2 Å². The molecule has 2 N–H and O–H groups in total. The quantitative estimate of drug-likeness (QED) is 0.509. The summed E-state index contributed by atoms with van der Waals surface area (Å²) in [4.78, 5) is 25.4. The summed E-state index contributed by atoms with van der Waals surface area (Å²) in [5.74, 6) is -1.99. The molecule has 3 aromatic carbocycles. The molecule has 0 saturated heterocycles. The van der Waals surface area contributed by atoms with Crippen LogP contribution in [0.2, 0.25) is 5.02 Å². The lowest BCUT2D eigenvalue weighted by Crippen LogP contribution is -2.28. The van der Waals surface area contributed by atoms with E-state index >= 15 is 0 Å². The zero-order valence-corrected chi connectivity index (χ0v) is 18.0. The van der Waals surface area contributed by atoms with Crippen LogP contribution in [-0.4, -0.2) is 35.3 Å². The standard InChI is InChI=1S/C23H18ClF2NO6/c1-2-32-19-12-5-3-4-6-13(12)20(33-23(25)26)18-17(19)21(30)27(22(18)31)15-8-7-11(9-14(15)24)10-16(28)29/h3-9,22-23,31H,2,10H2,1H3,(H,28,29). The Morgan fingerprint density at radius 3 is 2.42 bits per heavy atom. The van der Waals surface area contributed by atoms with E-state index in [0.717, 1.165) is 4.90 Å². The molecule has 0 radical (unpaired) electrons. The number of amides is 1. The number of carbonyl (C=O) groups excluding carboxylic acids is 1. The number of aliphatic hydroxyl groups excluding tert-OH is 1. The van der Waals surface area contributed by atoms with Crippen molar-refractivity contribution >= 4 is 39.9 Å². The van der Waals surface area contributed by atoms with Crippen molar-refractivity contribution in [2.75, 3.05) is 11.5 Å². The molecule has 172 valence electrons. The third-order valence-corrected chi connectivity index (χ3v) is 5.52. The summed E-state index contributed by atoms with van der Waals surface area (Å²) in [6.07, 6.45) is -1.99. The first-order valence-corrected chi connectivity index (χ1v) is 10.3. The number of halogens is 3.